The molecule has 1 fully saturated rings. The Morgan fingerprint density at radius 3 is 2.38 bits per heavy atom. The number of carbonyl (C=O) groups is 3. The highest BCUT2D eigenvalue weighted by molar-refractivity contribution is 6.07. The number of nitrogens with one attached hydrogen (secondary N) is 1. The van der Waals surface area contributed by atoms with E-state index in [4.69, 9.17) is 0 Å². The second kappa shape index (κ2) is 8.07. The van der Waals surface area contributed by atoms with E-state index in [0.717, 1.165) is 24.0 Å². The molecule has 1 aliphatic heterocycles. The molecule has 3 rings (SSSR count). The molecule has 29 heavy (non-hydrogen) atoms. The van der Waals surface area contributed by atoms with Crippen LogP contribution in [0.4, 0.5) is 4.79 Å². The molecule has 0 saturated carbocycles. The Morgan fingerprint density at radius 1 is 1.07 bits per heavy atom. The van der Waals surface area contributed by atoms with Gasteiger partial charge in [0.2, 0.25) is 0 Å². The summed E-state index contributed by atoms with van der Waals surface area (Å²) in [6.45, 7) is 3.96. The molecule has 6 nitrogen and oxygen atoms in total. The summed E-state index contributed by atoms with van der Waals surface area (Å²) in [7, 11) is 3.37. The van der Waals surface area contributed by atoms with Crippen molar-refractivity contribution in [3.63, 3.8) is 0 Å². The summed E-state index contributed by atoms with van der Waals surface area (Å²) in [5, 5.41) is 2.84. The number of rotatable bonds is 6. The molecule has 2 aromatic rings. The topological polar surface area (TPSA) is 69.7 Å². The second-order valence-electron chi connectivity index (χ2n) is 7.79. The third-order valence-corrected chi connectivity index (χ3v) is 5.27. The van der Waals surface area contributed by atoms with Crippen LogP contribution in [0, 0.1) is 0 Å². The average molecular weight is 393 g/mol. The van der Waals surface area contributed by atoms with Crippen LogP contribution in [0.15, 0.2) is 48.5 Å². The lowest BCUT2D eigenvalue weighted by Crippen LogP contribution is -2.40. The molecular formula is C23H27N3O3. The molecular weight excluding hydrogens is 366 g/mol. The first-order valence-electron chi connectivity index (χ1n) is 9.80. The first-order chi connectivity index (χ1) is 13.8. The van der Waals surface area contributed by atoms with Crippen LogP contribution in [0.1, 0.15) is 47.3 Å². The van der Waals surface area contributed by atoms with Crippen LogP contribution < -0.4 is 5.32 Å². The van der Waals surface area contributed by atoms with Gasteiger partial charge in [0.1, 0.15) is 5.54 Å². The molecule has 1 N–H and O–H groups in total. The minimum atomic E-state index is -1.10. The molecule has 1 heterocycles. The highest BCUT2D eigenvalue weighted by Gasteiger charge is 2.48. The minimum Gasteiger partial charge on any atom is -0.345 e. The molecule has 152 valence electrons. The quantitative estimate of drug-likeness (QED) is 0.766. The monoisotopic (exact) mass is 393 g/mol. The van der Waals surface area contributed by atoms with Gasteiger partial charge >= 0.3 is 6.03 Å². The van der Waals surface area contributed by atoms with Gasteiger partial charge in [-0.1, -0.05) is 49.7 Å². The molecule has 1 unspecified atom stereocenters. The highest BCUT2D eigenvalue weighted by Crippen LogP contribution is 2.30. The Morgan fingerprint density at radius 2 is 1.76 bits per heavy atom. The zero-order valence-electron chi connectivity index (χ0n) is 17.4. The zero-order chi connectivity index (χ0) is 21.2. The molecule has 4 amide bonds. The van der Waals surface area contributed by atoms with E-state index in [9.17, 15) is 14.4 Å². The lowest BCUT2D eigenvalue weighted by Gasteiger charge is -2.22. The smallest absolute Gasteiger partial charge is 0.325 e. The first-order valence-corrected chi connectivity index (χ1v) is 9.80. The predicted octanol–water partition coefficient (Wildman–Crippen LogP) is 3.31. The number of hydrogen-bond acceptors (Lipinski definition) is 3. The van der Waals surface area contributed by atoms with E-state index in [2.05, 4.69) is 12.2 Å². The Balaban J connectivity index is 1.82. The van der Waals surface area contributed by atoms with E-state index in [1.54, 1.807) is 39.2 Å². The summed E-state index contributed by atoms with van der Waals surface area (Å²) < 4.78 is 0. The van der Waals surface area contributed by atoms with Crippen molar-refractivity contribution in [2.45, 2.75) is 38.8 Å². The summed E-state index contributed by atoms with van der Waals surface area (Å²) >= 11 is 0. The lowest BCUT2D eigenvalue weighted by atomic mass is 9.91. The molecule has 1 aliphatic rings. The van der Waals surface area contributed by atoms with Gasteiger partial charge in [0.15, 0.2) is 0 Å². The van der Waals surface area contributed by atoms with Crippen molar-refractivity contribution in [1.29, 1.82) is 0 Å². The maximum Gasteiger partial charge on any atom is 0.325 e. The Bertz CT molecular complexity index is 937. The van der Waals surface area contributed by atoms with Crippen LogP contribution in [0.2, 0.25) is 0 Å². The van der Waals surface area contributed by atoms with Gasteiger partial charge in [0.05, 0.1) is 6.54 Å². The number of amides is 4. The lowest BCUT2D eigenvalue weighted by molar-refractivity contribution is -0.131. The first kappa shape index (κ1) is 20.6. The fourth-order valence-corrected chi connectivity index (χ4v) is 3.57. The summed E-state index contributed by atoms with van der Waals surface area (Å²) in [6, 6.07) is 14.4. The Hall–Kier alpha value is -3.15. The van der Waals surface area contributed by atoms with Crippen LogP contribution in [0.5, 0.6) is 0 Å². The molecule has 0 aliphatic carbocycles. The van der Waals surface area contributed by atoms with Crippen molar-refractivity contribution in [2.24, 2.45) is 0 Å². The maximum absolute atomic E-state index is 13.1. The SMILES string of the molecule is CCCc1ccc(C2(C)NC(=O)N(Cc3cccc(C(=O)N(C)C)c3)C2=O)cc1. The van der Waals surface area contributed by atoms with Gasteiger partial charge in [0, 0.05) is 19.7 Å². The van der Waals surface area contributed by atoms with Gasteiger partial charge < -0.3 is 10.2 Å². The van der Waals surface area contributed by atoms with Crippen LogP contribution in [-0.2, 0) is 23.3 Å². The largest absolute Gasteiger partial charge is 0.345 e. The molecule has 1 atom stereocenters. The molecule has 0 bridgehead atoms. The fraction of sp³-hybridized carbons (Fsp3) is 0.348. The van der Waals surface area contributed by atoms with Gasteiger partial charge in [-0.2, -0.15) is 0 Å². The predicted molar refractivity (Wildman–Crippen MR) is 111 cm³/mol. The van der Waals surface area contributed by atoms with E-state index < -0.39 is 11.6 Å². The van der Waals surface area contributed by atoms with Crippen LogP contribution in [-0.4, -0.2) is 41.7 Å². The van der Waals surface area contributed by atoms with E-state index in [1.165, 1.54) is 15.4 Å². The molecule has 0 spiro atoms. The van der Waals surface area contributed by atoms with E-state index in [1.807, 2.05) is 30.3 Å². The number of aryl methyl sites for hydroxylation is 1. The van der Waals surface area contributed by atoms with Gasteiger partial charge in [-0.3, -0.25) is 14.5 Å². The summed E-state index contributed by atoms with van der Waals surface area (Å²) in [5.41, 5.74) is 2.11. The molecule has 6 heteroatoms. The third kappa shape index (κ3) is 4.01. The fourth-order valence-electron chi connectivity index (χ4n) is 3.57. The Labute approximate surface area is 171 Å². The van der Waals surface area contributed by atoms with Gasteiger partial charge in [0.25, 0.3) is 11.8 Å². The van der Waals surface area contributed by atoms with Crippen LogP contribution in [0.3, 0.4) is 0 Å². The van der Waals surface area contributed by atoms with Crippen molar-refractivity contribution in [3.8, 4) is 0 Å². The molecule has 0 aromatic heterocycles. The molecule has 0 radical (unpaired) electrons. The van der Waals surface area contributed by atoms with Crippen molar-refractivity contribution in [3.05, 3.63) is 70.8 Å². The van der Waals surface area contributed by atoms with Crippen LogP contribution >= 0.6 is 0 Å². The minimum absolute atomic E-state index is 0.114. The van der Waals surface area contributed by atoms with Crippen molar-refractivity contribution in [1.82, 2.24) is 15.1 Å². The maximum atomic E-state index is 13.1. The van der Waals surface area contributed by atoms with E-state index in [-0.39, 0.29) is 18.4 Å². The van der Waals surface area contributed by atoms with Gasteiger partial charge in [-0.05, 0) is 42.2 Å². The van der Waals surface area contributed by atoms with Gasteiger partial charge in [-0.25, -0.2) is 4.79 Å². The number of hydrogen-bond donors (Lipinski definition) is 1. The van der Waals surface area contributed by atoms with Crippen molar-refractivity contribution in [2.75, 3.05) is 14.1 Å². The summed E-state index contributed by atoms with van der Waals surface area (Å²) in [4.78, 5) is 40.6. The van der Waals surface area contributed by atoms with Crippen molar-refractivity contribution < 1.29 is 14.4 Å². The Kier molecular flexibility index (Phi) is 5.73. The normalized spacial score (nSPS) is 18.7. The van der Waals surface area contributed by atoms with Crippen LogP contribution in [0.25, 0.3) is 0 Å². The number of nitrogens with zero attached hydrogens (tertiary/aromatic N) is 2. The number of imide groups is 1. The number of benzene rings is 2. The summed E-state index contributed by atoms with van der Waals surface area (Å²) in [6.07, 6.45) is 2.03. The summed E-state index contributed by atoms with van der Waals surface area (Å²) in [5.74, 6) is -0.420. The number of carbonyl (C=O) groups excluding carboxylic acids is 3. The third-order valence-electron chi connectivity index (χ3n) is 5.27. The van der Waals surface area contributed by atoms with Crippen molar-refractivity contribution >= 4 is 17.8 Å². The van der Waals surface area contributed by atoms with E-state index >= 15 is 0 Å². The standard InChI is InChI=1S/C23H27N3O3/c1-5-7-16-10-12-19(13-11-16)23(2)21(28)26(22(29)24-23)15-17-8-6-9-18(14-17)20(27)25(3)4/h6,8-14H,5,7,15H2,1-4H3,(H,24,29). The van der Waals surface area contributed by atoms with Gasteiger partial charge in [-0.15, -0.1) is 0 Å². The second-order valence-corrected chi connectivity index (χ2v) is 7.79. The molecule has 1 saturated heterocycles. The molecule has 2 aromatic carbocycles. The highest BCUT2D eigenvalue weighted by atomic mass is 16.2. The zero-order valence-corrected chi connectivity index (χ0v) is 17.4. The average Bonchev–Trinajstić information content (AvgIpc) is 2.92. The number of urea groups is 1. The van der Waals surface area contributed by atoms with E-state index in [0.29, 0.717) is 5.56 Å².